The molecule has 0 amide bonds. The van der Waals surface area contributed by atoms with Crippen LogP contribution in [0.3, 0.4) is 0 Å². The molecule has 3 fully saturated rings. The van der Waals surface area contributed by atoms with Crippen molar-refractivity contribution in [2.24, 2.45) is 0 Å². The highest BCUT2D eigenvalue weighted by molar-refractivity contribution is 5.93. The van der Waals surface area contributed by atoms with Crippen LogP contribution in [-0.2, 0) is 85.4 Å². The number of ether oxygens (including phenoxy) is 15. The molecule has 0 saturated carbocycles. The minimum Gasteiger partial charge on any atom is -0.463 e. The summed E-state index contributed by atoms with van der Waals surface area (Å²) >= 11 is 0. The molecule has 3 aliphatic heterocycles. The summed E-state index contributed by atoms with van der Waals surface area (Å²) in [6.45, 7) is 0.463. The second kappa shape index (κ2) is 33.8. The maximum Gasteiger partial charge on any atom is 0.338 e. The maximum absolute atomic E-state index is 15.1. The maximum atomic E-state index is 15.1. The minimum atomic E-state index is -2.27. The third-order valence-electron chi connectivity index (χ3n) is 15.5. The molecule has 99 heavy (non-hydrogen) atoms. The minimum absolute atomic E-state index is 0.000628. The van der Waals surface area contributed by atoms with Crippen LogP contribution in [0, 0.1) is 0 Å². The van der Waals surface area contributed by atoms with Crippen molar-refractivity contribution in [1.82, 2.24) is 0 Å². The van der Waals surface area contributed by atoms with Gasteiger partial charge in [0.05, 0.1) is 38.9 Å². The largest absolute Gasteiger partial charge is 0.463 e. The van der Waals surface area contributed by atoms with E-state index >= 15 is 4.79 Å². The Kier molecular flexibility index (Phi) is 24.2. The molecule has 26 nitrogen and oxygen atoms in total. The molecule has 0 spiro atoms. The molecule has 0 radical (unpaired) electrons. The van der Waals surface area contributed by atoms with Gasteiger partial charge in [0.15, 0.2) is 61.6 Å². The number of rotatable bonds is 24. The zero-order chi connectivity index (χ0) is 70.0. The van der Waals surface area contributed by atoms with Gasteiger partial charge in [0.2, 0.25) is 0 Å². The molecule has 15 atom stereocenters. The van der Waals surface area contributed by atoms with Crippen LogP contribution in [-0.4, -0.2) is 177 Å². The van der Waals surface area contributed by atoms with Gasteiger partial charge in [-0.05, 0) is 84.9 Å². The van der Waals surface area contributed by atoms with Gasteiger partial charge in [0.1, 0.15) is 50.3 Å². The normalized spacial score (nSPS) is 24.7. The van der Waals surface area contributed by atoms with Gasteiger partial charge in [-0.3, -0.25) is 14.4 Å². The summed E-state index contributed by atoms with van der Waals surface area (Å²) in [5, 5.41) is 11.7. The van der Waals surface area contributed by atoms with E-state index in [0.29, 0.717) is 0 Å². The summed E-state index contributed by atoms with van der Waals surface area (Å²) < 4.78 is 93.5. The smallest absolute Gasteiger partial charge is 0.338 e. The van der Waals surface area contributed by atoms with E-state index in [0.717, 1.165) is 20.8 Å². The number of carbonyl (C=O) groups is 10. The summed E-state index contributed by atoms with van der Waals surface area (Å²) in [5.74, 6) is -10.4. The first-order valence-electron chi connectivity index (χ1n) is 31.1. The Balaban J connectivity index is 1.18. The lowest BCUT2D eigenvalue weighted by molar-refractivity contribution is -0.376. The van der Waals surface area contributed by atoms with Gasteiger partial charge in [0.25, 0.3) is 0 Å². The third kappa shape index (κ3) is 18.6. The number of carbonyl (C=O) groups excluding carboxylic acids is 10. The van der Waals surface area contributed by atoms with Crippen LogP contribution in [0.5, 0.6) is 0 Å². The molecule has 0 bridgehead atoms. The summed E-state index contributed by atoms with van der Waals surface area (Å²) in [6.07, 6.45) is -30.7. The molecule has 0 aromatic heterocycles. The standard InChI is InChI=1S/C73H66O26/c1-42(74)85-39-52-55(88-43(2)75)58(61(71(84)90-52)89-44(3)76)99-73-63(97-70(83)51-37-23-10-24-38-51)60(95-68(81)49-33-19-8-20-34-49)57(54(92-73)41-87-65(78)46-27-13-5-14-28-46)98-72-62(96-69(82)50-35-21-9-22-36-50)59(94-67(80)48-31-17-7-18-32-48)56(93-66(79)47-29-15-6-16-30-47)53(91-72)40-86-64(77)45-25-11-4-12-26-45/h4-38,52-63,71-73,84H,39-41H2,1-3H3/t52-,53-,54-,55-,56+,57-,58+,59+,60+,61-,62-,63-,71?,72+,73+/m1/s1. The summed E-state index contributed by atoms with van der Waals surface area (Å²) in [4.78, 5) is 141. The van der Waals surface area contributed by atoms with Crippen LogP contribution < -0.4 is 0 Å². The van der Waals surface area contributed by atoms with Crippen LogP contribution >= 0.6 is 0 Å². The fourth-order valence-corrected chi connectivity index (χ4v) is 10.9. The number of benzene rings is 7. The van der Waals surface area contributed by atoms with Crippen LogP contribution in [0.15, 0.2) is 212 Å². The first-order chi connectivity index (χ1) is 47.9. The fourth-order valence-electron chi connectivity index (χ4n) is 10.9. The molecular formula is C73H66O26. The second-order valence-corrected chi connectivity index (χ2v) is 22.4. The van der Waals surface area contributed by atoms with E-state index < -0.39 is 172 Å². The first-order valence-corrected chi connectivity index (χ1v) is 31.1. The van der Waals surface area contributed by atoms with E-state index in [1.54, 1.807) is 78.9 Å². The number of aliphatic hydroxyl groups excluding tert-OH is 1. The van der Waals surface area contributed by atoms with E-state index in [1.165, 1.54) is 133 Å². The number of aliphatic hydroxyl groups is 1. The Morgan fingerprint density at radius 2 is 0.525 bits per heavy atom. The first kappa shape index (κ1) is 70.8. The molecule has 1 N–H and O–H groups in total. The van der Waals surface area contributed by atoms with Crippen molar-refractivity contribution in [3.63, 3.8) is 0 Å². The van der Waals surface area contributed by atoms with Gasteiger partial charge >= 0.3 is 59.7 Å². The van der Waals surface area contributed by atoms with Crippen molar-refractivity contribution in [3.05, 3.63) is 251 Å². The molecule has 7 aromatic carbocycles. The van der Waals surface area contributed by atoms with E-state index in [2.05, 4.69) is 0 Å². The highest BCUT2D eigenvalue weighted by atomic mass is 16.8. The van der Waals surface area contributed by atoms with Crippen LogP contribution in [0.4, 0.5) is 0 Å². The number of esters is 10. The SMILES string of the molecule is CC(=O)OC[C@H]1OC(O)[C@H](OC(C)=O)[C@@H](O[C@@H]2O[C@H](COC(=O)c3ccccc3)[C@@H](O[C@@H]3O[C@H](COC(=O)c4ccccc4)[C@H](OC(=O)c4ccccc4)[C@H](OC(=O)c4ccccc4)[C@H]3OC(=O)c3ccccc3)[C@H](OC(=O)c3ccccc3)[C@H]2OC(=O)c2ccccc2)[C@@H]1OC(C)=O. The molecule has 3 saturated heterocycles. The molecule has 26 heteroatoms. The van der Waals surface area contributed by atoms with Crippen molar-refractivity contribution in [1.29, 1.82) is 0 Å². The Hall–Kier alpha value is -11.0. The van der Waals surface area contributed by atoms with E-state index in [9.17, 15) is 48.3 Å². The summed E-state index contributed by atoms with van der Waals surface area (Å²) in [5.41, 5.74) is -0.404. The molecule has 10 rings (SSSR count). The average Bonchev–Trinajstić information content (AvgIpc) is 0.761. The van der Waals surface area contributed by atoms with Crippen LogP contribution in [0.2, 0.25) is 0 Å². The van der Waals surface area contributed by atoms with Crippen LogP contribution in [0.1, 0.15) is 93.3 Å². The van der Waals surface area contributed by atoms with Crippen molar-refractivity contribution < 1.29 is 124 Å². The molecule has 514 valence electrons. The van der Waals surface area contributed by atoms with Crippen molar-refractivity contribution in [3.8, 4) is 0 Å². The quantitative estimate of drug-likeness (QED) is 0.0462. The highest BCUT2D eigenvalue weighted by Gasteiger charge is 2.61. The van der Waals surface area contributed by atoms with Crippen molar-refractivity contribution >= 4 is 59.7 Å². The lowest BCUT2D eigenvalue weighted by Gasteiger charge is -2.50. The van der Waals surface area contributed by atoms with Gasteiger partial charge in [-0.25, -0.2) is 33.6 Å². The molecule has 3 heterocycles. The van der Waals surface area contributed by atoms with Crippen molar-refractivity contribution in [2.45, 2.75) is 113 Å². The zero-order valence-electron chi connectivity index (χ0n) is 53.1. The monoisotopic (exact) mass is 1360 g/mol. The van der Waals surface area contributed by atoms with Crippen molar-refractivity contribution in [2.75, 3.05) is 19.8 Å². The van der Waals surface area contributed by atoms with Gasteiger partial charge < -0.3 is 76.2 Å². The Morgan fingerprint density at radius 3 is 0.859 bits per heavy atom. The van der Waals surface area contributed by atoms with Gasteiger partial charge in [-0.1, -0.05) is 127 Å². The van der Waals surface area contributed by atoms with Gasteiger partial charge in [0, 0.05) is 20.8 Å². The predicted octanol–water partition coefficient (Wildman–Crippen LogP) is 7.19. The topological polar surface area (TPSA) is 329 Å². The van der Waals surface area contributed by atoms with E-state index in [-0.39, 0.29) is 38.9 Å². The average molecular weight is 1360 g/mol. The fraction of sp³-hybridized carbons (Fsp3) is 0.288. The second-order valence-electron chi connectivity index (χ2n) is 22.4. The summed E-state index contributed by atoms with van der Waals surface area (Å²) in [7, 11) is 0. The molecule has 7 aromatic rings. The number of hydrogen-bond acceptors (Lipinski definition) is 26. The zero-order valence-corrected chi connectivity index (χ0v) is 53.1. The highest BCUT2D eigenvalue weighted by Crippen LogP contribution is 2.39. The lowest BCUT2D eigenvalue weighted by Crippen LogP contribution is -2.69. The number of hydrogen-bond donors (Lipinski definition) is 1. The Bertz CT molecular complexity index is 3900. The van der Waals surface area contributed by atoms with Gasteiger partial charge in [-0.15, -0.1) is 0 Å². The lowest BCUT2D eigenvalue weighted by atomic mass is 9.94. The Labute approximate surface area is 565 Å². The molecule has 1 unspecified atom stereocenters. The predicted molar refractivity (Wildman–Crippen MR) is 337 cm³/mol. The third-order valence-corrected chi connectivity index (χ3v) is 15.5. The van der Waals surface area contributed by atoms with E-state index in [1.807, 2.05) is 0 Å². The van der Waals surface area contributed by atoms with E-state index in [4.69, 9.17) is 71.1 Å². The molecular weight excluding hydrogens is 1290 g/mol. The summed E-state index contributed by atoms with van der Waals surface area (Å²) in [6, 6.07) is 52.3. The molecule has 3 aliphatic rings. The van der Waals surface area contributed by atoms with Crippen LogP contribution in [0.25, 0.3) is 0 Å². The van der Waals surface area contributed by atoms with Gasteiger partial charge in [-0.2, -0.15) is 0 Å². The molecule has 0 aliphatic carbocycles. The Morgan fingerprint density at radius 1 is 0.273 bits per heavy atom.